The minimum Gasteiger partial charge on any atom is -0.398 e. The maximum absolute atomic E-state index is 11.8. The molecule has 0 saturated heterocycles. The molecule has 1 aromatic carbocycles. The van der Waals surface area contributed by atoms with Crippen LogP contribution >= 0.6 is 0 Å². The molecular weight excluding hydrogens is 202 g/mol. The molecule has 1 aromatic rings. The van der Waals surface area contributed by atoms with Gasteiger partial charge in [0.2, 0.25) is 0 Å². The van der Waals surface area contributed by atoms with Gasteiger partial charge in [0.25, 0.3) is 0 Å². The first-order chi connectivity index (χ1) is 7.32. The molecule has 0 heterocycles. The summed E-state index contributed by atoms with van der Waals surface area (Å²) < 4.78 is 0. The van der Waals surface area contributed by atoms with E-state index in [9.17, 15) is 9.59 Å². The summed E-state index contributed by atoms with van der Waals surface area (Å²) in [5, 5.41) is 0. The molecule has 0 aromatic heterocycles. The first kappa shape index (κ1) is 12.4. The van der Waals surface area contributed by atoms with E-state index in [0.717, 1.165) is 0 Å². The van der Waals surface area contributed by atoms with E-state index in [1.165, 1.54) is 0 Å². The summed E-state index contributed by atoms with van der Waals surface area (Å²) in [5.74, 6) is -0.279. The molecule has 1 rings (SSSR count). The van der Waals surface area contributed by atoms with Crippen molar-refractivity contribution in [1.82, 2.24) is 0 Å². The lowest BCUT2D eigenvalue weighted by molar-refractivity contribution is -0.125. The number of hydrogen-bond donors (Lipinski definition) is 1. The Hall–Kier alpha value is -1.64. The summed E-state index contributed by atoms with van der Waals surface area (Å²) in [6, 6.07) is 6.81. The van der Waals surface area contributed by atoms with Crippen LogP contribution in [0.25, 0.3) is 0 Å². The number of hydrogen-bond acceptors (Lipinski definition) is 3. The third-order valence-electron chi connectivity index (χ3n) is 2.42. The standard InChI is InChI=1S/C13H17NO2/c1-13(2,3)12(16)8-11(15)9-6-4-5-7-10(9)14/h4-7H,8,14H2,1-3H3. The van der Waals surface area contributed by atoms with E-state index >= 15 is 0 Å². The van der Waals surface area contributed by atoms with Crippen LogP contribution in [-0.4, -0.2) is 11.6 Å². The maximum atomic E-state index is 11.8. The largest absolute Gasteiger partial charge is 0.398 e. The Morgan fingerprint density at radius 1 is 1.19 bits per heavy atom. The van der Waals surface area contributed by atoms with E-state index < -0.39 is 5.41 Å². The minimum atomic E-state index is -0.487. The minimum absolute atomic E-state index is 0.0687. The highest BCUT2D eigenvalue weighted by atomic mass is 16.1. The fourth-order valence-corrected chi connectivity index (χ4v) is 1.26. The number of para-hydroxylation sites is 1. The molecule has 0 aliphatic carbocycles. The summed E-state index contributed by atoms with van der Waals surface area (Å²) >= 11 is 0. The van der Waals surface area contributed by atoms with Gasteiger partial charge < -0.3 is 5.73 Å². The Morgan fingerprint density at radius 2 is 1.75 bits per heavy atom. The summed E-state index contributed by atoms with van der Waals surface area (Å²) in [4.78, 5) is 23.5. The normalized spacial score (nSPS) is 11.2. The Kier molecular flexibility index (Phi) is 3.48. The van der Waals surface area contributed by atoms with E-state index in [4.69, 9.17) is 5.73 Å². The predicted octanol–water partition coefficient (Wildman–Crippen LogP) is 2.46. The molecule has 3 nitrogen and oxygen atoms in total. The van der Waals surface area contributed by atoms with Crippen LogP contribution in [0.4, 0.5) is 5.69 Å². The van der Waals surface area contributed by atoms with Crippen LogP contribution in [0.5, 0.6) is 0 Å². The Balaban J connectivity index is 2.82. The number of Topliss-reactive ketones (excluding diaryl/α,β-unsaturated/α-hetero) is 2. The molecule has 0 aliphatic rings. The predicted molar refractivity (Wildman–Crippen MR) is 64.3 cm³/mol. The summed E-state index contributed by atoms with van der Waals surface area (Å²) in [7, 11) is 0. The van der Waals surface area contributed by atoms with Crippen LogP contribution in [0, 0.1) is 5.41 Å². The van der Waals surface area contributed by atoms with Crippen molar-refractivity contribution in [2.45, 2.75) is 27.2 Å². The number of carbonyl (C=O) groups is 2. The monoisotopic (exact) mass is 219 g/mol. The molecule has 0 bridgehead atoms. The third kappa shape index (κ3) is 2.92. The SMILES string of the molecule is CC(C)(C)C(=O)CC(=O)c1ccccc1N. The highest BCUT2D eigenvalue weighted by molar-refractivity contribution is 6.11. The van der Waals surface area contributed by atoms with Gasteiger partial charge in [-0.2, -0.15) is 0 Å². The Bertz CT molecular complexity index is 416. The molecule has 0 aliphatic heterocycles. The number of benzene rings is 1. The summed E-state index contributed by atoms with van der Waals surface area (Å²) in [6.07, 6.45) is -0.0856. The number of rotatable bonds is 3. The van der Waals surface area contributed by atoms with E-state index in [0.29, 0.717) is 11.3 Å². The van der Waals surface area contributed by atoms with E-state index in [1.54, 1.807) is 45.0 Å². The highest BCUT2D eigenvalue weighted by Crippen LogP contribution is 2.20. The van der Waals surface area contributed by atoms with Gasteiger partial charge in [-0.1, -0.05) is 32.9 Å². The van der Waals surface area contributed by atoms with Crippen LogP contribution in [0.2, 0.25) is 0 Å². The molecule has 86 valence electrons. The highest BCUT2D eigenvalue weighted by Gasteiger charge is 2.24. The number of carbonyl (C=O) groups excluding carboxylic acids is 2. The van der Waals surface area contributed by atoms with Gasteiger partial charge in [-0.15, -0.1) is 0 Å². The quantitative estimate of drug-likeness (QED) is 0.482. The van der Waals surface area contributed by atoms with Crippen molar-refractivity contribution in [3.8, 4) is 0 Å². The molecule has 0 amide bonds. The molecular formula is C13H17NO2. The fraction of sp³-hybridized carbons (Fsp3) is 0.385. The first-order valence-corrected chi connectivity index (χ1v) is 5.23. The first-order valence-electron chi connectivity index (χ1n) is 5.23. The molecule has 0 unspecified atom stereocenters. The zero-order chi connectivity index (χ0) is 12.3. The topological polar surface area (TPSA) is 60.2 Å². The molecule has 0 fully saturated rings. The van der Waals surface area contributed by atoms with E-state index in [1.807, 2.05) is 0 Å². The smallest absolute Gasteiger partial charge is 0.172 e. The number of anilines is 1. The van der Waals surface area contributed by atoms with Gasteiger partial charge in [0.05, 0.1) is 6.42 Å². The van der Waals surface area contributed by atoms with Gasteiger partial charge >= 0.3 is 0 Å². The van der Waals surface area contributed by atoms with Gasteiger partial charge in [0.1, 0.15) is 5.78 Å². The van der Waals surface area contributed by atoms with Gasteiger partial charge in [0, 0.05) is 16.7 Å². The van der Waals surface area contributed by atoms with E-state index in [-0.39, 0.29) is 18.0 Å². The van der Waals surface area contributed by atoms with Gasteiger partial charge in [-0.25, -0.2) is 0 Å². The van der Waals surface area contributed by atoms with Gasteiger partial charge in [-0.3, -0.25) is 9.59 Å². The Labute approximate surface area is 95.6 Å². The van der Waals surface area contributed by atoms with Crippen molar-refractivity contribution in [3.63, 3.8) is 0 Å². The van der Waals surface area contributed by atoms with Gasteiger partial charge in [-0.05, 0) is 12.1 Å². The van der Waals surface area contributed by atoms with Crippen molar-refractivity contribution in [3.05, 3.63) is 29.8 Å². The third-order valence-corrected chi connectivity index (χ3v) is 2.42. The summed E-state index contributed by atoms with van der Waals surface area (Å²) in [6.45, 7) is 5.41. The van der Waals surface area contributed by atoms with Crippen molar-refractivity contribution in [2.24, 2.45) is 5.41 Å². The van der Waals surface area contributed by atoms with Crippen LogP contribution in [0.1, 0.15) is 37.6 Å². The lowest BCUT2D eigenvalue weighted by Crippen LogP contribution is -2.23. The molecule has 0 atom stereocenters. The molecule has 3 heteroatoms. The molecule has 0 saturated carbocycles. The number of nitrogens with two attached hydrogens (primary N) is 1. The van der Waals surface area contributed by atoms with E-state index in [2.05, 4.69) is 0 Å². The zero-order valence-electron chi connectivity index (χ0n) is 9.91. The van der Waals surface area contributed by atoms with Crippen molar-refractivity contribution >= 4 is 17.3 Å². The fourth-order valence-electron chi connectivity index (χ4n) is 1.26. The molecule has 0 radical (unpaired) electrons. The second-order valence-corrected chi connectivity index (χ2v) is 4.86. The Morgan fingerprint density at radius 3 is 2.25 bits per heavy atom. The van der Waals surface area contributed by atoms with Crippen molar-refractivity contribution in [2.75, 3.05) is 5.73 Å². The average molecular weight is 219 g/mol. The average Bonchev–Trinajstić information content (AvgIpc) is 2.16. The number of nitrogen functional groups attached to an aromatic ring is 1. The second-order valence-electron chi connectivity index (χ2n) is 4.86. The van der Waals surface area contributed by atoms with Crippen LogP contribution < -0.4 is 5.73 Å². The molecule has 2 N–H and O–H groups in total. The molecule has 0 spiro atoms. The van der Waals surface area contributed by atoms with Gasteiger partial charge in [0.15, 0.2) is 5.78 Å². The van der Waals surface area contributed by atoms with Crippen LogP contribution in [0.3, 0.4) is 0 Å². The van der Waals surface area contributed by atoms with Crippen LogP contribution in [0.15, 0.2) is 24.3 Å². The maximum Gasteiger partial charge on any atom is 0.172 e. The van der Waals surface area contributed by atoms with Crippen molar-refractivity contribution < 1.29 is 9.59 Å². The number of ketones is 2. The molecule has 16 heavy (non-hydrogen) atoms. The summed E-state index contributed by atoms with van der Waals surface area (Å²) in [5.41, 5.74) is 6.04. The zero-order valence-corrected chi connectivity index (χ0v) is 9.91. The lowest BCUT2D eigenvalue weighted by Gasteiger charge is -2.16. The van der Waals surface area contributed by atoms with Crippen molar-refractivity contribution in [1.29, 1.82) is 0 Å². The second kappa shape index (κ2) is 4.47. The van der Waals surface area contributed by atoms with Crippen LogP contribution in [-0.2, 0) is 4.79 Å². The lowest BCUT2D eigenvalue weighted by atomic mass is 9.87.